The second-order valence-corrected chi connectivity index (χ2v) is 8.83. The van der Waals surface area contributed by atoms with Crippen molar-refractivity contribution in [3.8, 4) is 17.1 Å². The number of hydrogen-bond donors (Lipinski definition) is 1. The van der Waals surface area contributed by atoms with Gasteiger partial charge >= 0.3 is 0 Å². The number of carbonyl (C=O) groups excluding carboxylic acids is 1. The molecule has 0 aliphatic carbocycles. The van der Waals surface area contributed by atoms with E-state index in [1.165, 1.54) is 11.8 Å². The third kappa shape index (κ3) is 5.82. The number of nitrogens with zero attached hydrogens (tertiary/aromatic N) is 4. The second-order valence-electron chi connectivity index (χ2n) is 7.01. The summed E-state index contributed by atoms with van der Waals surface area (Å²) in [7, 11) is 0. The summed E-state index contributed by atoms with van der Waals surface area (Å²) < 4.78 is 1.91. The van der Waals surface area contributed by atoms with Gasteiger partial charge in [0.1, 0.15) is 0 Å². The standard InChI is InChI=1S/C24H19Cl2N5OS/c1-16(17-7-9-19(25)10-8-17)27-28-22(32)15-33-24-30-29-23(18-5-3-2-4-6-18)31(24)21-13-11-20(26)12-14-21/h2-14H,15H2,1H3,(H,28,32)/b27-16+. The van der Waals surface area contributed by atoms with E-state index in [0.29, 0.717) is 26.7 Å². The molecule has 0 spiro atoms. The van der Waals surface area contributed by atoms with Gasteiger partial charge in [-0.15, -0.1) is 10.2 Å². The van der Waals surface area contributed by atoms with Gasteiger partial charge in [-0.25, -0.2) is 5.43 Å². The molecule has 0 fully saturated rings. The van der Waals surface area contributed by atoms with Crippen molar-refractivity contribution >= 4 is 46.6 Å². The lowest BCUT2D eigenvalue weighted by molar-refractivity contribution is -0.118. The highest BCUT2D eigenvalue weighted by atomic mass is 35.5. The van der Waals surface area contributed by atoms with Gasteiger partial charge in [0.15, 0.2) is 11.0 Å². The average molecular weight is 496 g/mol. The number of aromatic nitrogens is 3. The molecule has 0 radical (unpaired) electrons. The molecule has 4 rings (SSSR count). The zero-order chi connectivity index (χ0) is 23.2. The number of nitrogens with one attached hydrogen (secondary N) is 1. The van der Waals surface area contributed by atoms with Crippen LogP contribution in [0.3, 0.4) is 0 Å². The number of rotatable bonds is 7. The first kappa shape index (κ1) is 23.0. The molecule has 1 aromatic heterocycles. The predicted octanol–water partition coefficient (Wildman–Crippen LogP) is 5.87. The maximum atomic E-state index is 12.4. The van der Waals surface area contributed by atoms with Gasteiger partial charge in [-0.1, -0.05) is 77.4 Å². The Morgan fingerprint density at radius 2 is 1.58 bits per heavy atom. The number of thioether (sulfide) groups is 1. The quantitative estimate of drug-likeness (QED) is 0.197. The van der Waals surface area contributed by atoms with E-state index in [0.717, 1.165) is 16.8 Å². The minimum atomic E-state index is -0.250. The summed E-state index contributed by atoms with van der Waals surface area (Å²) in [6.07, 6.45) is 0. The molecule has 166 valence electrons. The highest BCUT2D eigenvalue weighted by molar-refractivity contribution is 7.99. The third-order valence-corrected chi connectivity index (χ3v) is 6.13. The fourth-order valence-electron chi connectivity index (χ4n) is 3.02. The van der Waals surface area contributed by atoms with E-state index in [1.54, 1.807) is 24.3 Å². The van der Waals surface area contributed by atoms with Crippen LogP contribution in [-0.2, 0) is 4.79 Å². The van der Waals surface area contributed by atoms with Gasteiger partial charge in [0, 0.05) is 21.3 Å². The molecular weight excluding hydrogens is 477 g/mol. The van der Waals surface area contributed by atoms with Crippen LogP contribution < -0.4 is 5.43 Å². The maximum Gasteiger partial charge on any atom is 0.250 e. The summed E-state index contributed by atoms with van der Waals surface area (Å²) >= 11 is 13.3. The zero-order valence-electron chi connectivity index (χ0n) is 17.6. The first-order chi connectivity index (χ1) is 16.0. The minimum Gasteiger partial charge on any atom is -0.272 e. The summed E-state index contributed by atoms with van der Waals surface area (Å²) in [5.74, 6) is 0.551. The van der Waals surface area contributed by atoms with Crippen LogP contribution in [0.1, 0.15) is 12.5 Å². The molecular formula is C24H19Cl2N5OS. The third-order valence-electron chi connectivity index (χ3n) is 4.69. The number of hydrogen-bond acceptors (Lipinski definition) is 5. The van der Waals surface area contributed by atoms with E-state index in [9.17, 15) is 4.79 Å². The van der Waals surface area contributed by atoms with Crippen LogP contribution in [-0.4, -0.2) is 32.1 Å². The molecule has 0 unspecified atom stereocenters. The van der Waals surface area contributed by atoms with Gasteiger partial charge in [0.25, 0.3) is 5.91 Å². The van der Waals surface area contributed by atoms with Gasteiger partial charge in [-0.05, 0) is 48.9 Å². The number of benzene rings is 3. The molecule has 0 atom stereocenters. The van der Waals surface area contributed by atoms with Gasteiger partial charge < -0.3 is 0 Å². The predicted molar refractivity (Wildman–Crippen MR) is 134 cm³/mol. The highest BCUT2D eigenvalue weighted by Gasteiger charge is 2.17. The number of hydrazone groups is 1. The van der Waals surface area contributed by atoms with Crippen molar-refractivity contribution in [2.45, 2.75) is 12.1 Å². The van der Waals surface area contributed by atoms with Crippen LogP contribution >= 0.6 is 35.0 Å². The maximum absolute atomic E-state index is 12.4. The lowest BCUT2D eigenvalue weighted by Gasteiger charge is -2.10. The molecule has 4 aromatic rings. The SMILES string of the molecule is C/C(=N\NC(=O)CSc1nnc(-c2ccccc2)n1-c1ccc(Cl)cc1)c1ccc(Cl)cc1. The molecule has 0 saturated carbocycles. The van der Waals surface area contributed by atoms with Gasteiger partial charge in [0.05, 0.1) is 11.5 Å². The van der Waals surface area contributed by atoms with Crippen LogP contribution in [0.15, 0.2) is 89.1 Å². The first-order valence-corrected chi connectivity index (χ1v) is 11.7. The highest BCUT2D eigenvalue weighted by Crippen LogP contribution is 2.28. The summed E-state index contributed by atoms with van der Waals surface area (Å²) in [5, 5.41) is 14.8. The van der Waals surface area contributed by atoms with Crippen molar-refractivity contribution in [3.63, 3.8) is 0 Å². The van der Waals surface area contributed by atoms with Crippen LogP contribution in [0.2, 0.25) is 10.0 Å². The van der Waals surface area contributed by atoms with Crippen LogP contribution in [0.25, 0.3) is 17.1 Å². The largest absolute Gasteiger partial charge is 0.272 e. The van der Waals surface area contributed by atoms with E-state index in [1.807, 2.05) is 66.1 Å². The lowest BCUT2D eigenvalue weighted by Crippen LogP contribution is -2.21. The molecule has 6 nitrogen and oxygen atoms in total. The van der Waals surface area contributed by atoms with E-state index in [4.69, 9.17) is 23.2 Å². The van der Waals surface area contributed by atoms with Crippen molar-refractivity contribution in [2.24, 2.45) is 5.10 Å². The molecule has 33 heavy (non-hydrogen) atoms. The zero-order valence-corrected chi connectivity index (χ0v) is 19.9. The Labute approximate surface area is 205 Å². The van der Waals surface area contributed by atoms with Gasteiger partial charge in [-0.3, -0.25) is 9.36 Å². The Morgan fingerprint density at radius 3 is 2.24 bits per heavy atom. The molecule has 0 aliphatic rings. The molecule has 1 amide bonds. The second kappa shape index (κ2) is 10.7. The van der Waals surface area contributed by atoms with Gasteiger partial charge in [-0.2, -0.15) is 5.10 Å². The van der Waals surface area contributed by atoms with E-state index >= 15 is 0 Å². The number of carbonyl (C=O) groups is 1. The lowest BCUT2D eigenvalue weighted by atomic mass is 10.1. The topological polar surface area (TPSA) is 72.2 Å². The number of halogens is 2. The fraction of sp³-hybridized carbons (Fsp3) is 0.0833. The first-order valence-electron chi connectivity index (χ1n) is 10.00. The monoisotopic (exact) mass is 495 g/mol. The normalized spacial score (nSPS) is 11.4. The minimum absolute atomic E-state index is 0.123. The van der Waals surface area contributed by atoms with E-state index < -0.39 is 0 Å². The summed E-state index contributed by atoms with van der Waals surface area (Å²) in [6, 6.07) is 24.4. The van der Waals surface area contributed by atoms with E-state index in [2.05, 4.69) is 20.7 Å². The fourth-order valence-corrected chi connectivity index (χ4v) is 4.02. The van der Waals surface area contributed by atoms with Crippen LogP contribution in [0, 0.1) is 0 Å². The molecule has 9 heteroatoms. The van der Waals surface area contributed by atoms with Crippen LogP contribution in [0.5, 0.6) is 0 Å². The van der Waals surface area contributed by atoms with Crippen molar-refractivity contribution in [2.75, 3.05) is 5.75 Å². The Bertz CT molecular complexity index is 1270. The number of amides is 1. The van der Waals surface area contributed by atoms with E-state index in [-0.39, 0.29) is 11.7 Å². The van der Waals surface area contributed by atoms with Crippen molar-refractivity contribution in [1.82, 2.24) is 20.2 Å². The van der Waals surface area contributed by atoms with Crippen molar-refractivity contribution in [1.29, 1.82) is 0 Å². The van der Waals surface area contributed by atoms with Crippen molar-refractivity contribution < 1.29 is 4.79 Å². The summed E-state index contributed by atoms with van der Waals surface area (Å²) in [6.45, 7) is 1.82. The Balaban J connectivity index is 1.51. The molecule has 1 heterocycles. The summed E-state index contributed by atoms with van der Waals surface area (Å²) in [5.41, 5.74) is 5.92. The van der Waals surface area contributed by atoms with Crippen LogP contribution in [0.4, 0.5) is 0 Å². The van der Waals surface area contributed by atoms with Gasteiger partial charge in [0.2, 0.25) is 0 Å². The molecule has 0 saturated heterocycles. The molecule has 0 aliphatic heterocycles. The molecule has 1 N–H and O–H groups in total. The van der Waals surface area contributed by atoms with Crippen molar-refractivity contribution in [3.05, 3.63) is 94.5 Å². The Kier molecular flexibility index (Phi) is 7.44. The smallest absolute Gasteiger partial charge is 0.250 e. The Morgan fingerprint density at radius 1 is 0.939 bits per heavy atom. The Hall–Kier alpha value is -3.13. The summed E-state index contributed by atoms with van der Waals surface area (Å²) in [4.78, 5) is 12.4. The molecule has 3 aromatic carbocycles. The average Bonchev–Trinajstić information content (AvgIpc) is 3.26. The molecule has 0 bridgehead atoms.